The Kier molecular flexibility index (Phi) is 3.96. The lowest BCUT2D eigenvalue weighted by Gasteiger charge is -2.09. The van der Waals surface area contributed by atoms with Crippen LogP contribution in [-0.2, 0) is 16.6 Å². The fourth-order valence-electron chi connectivity index (χ4n) is 1.59. The summed E-state index contributed by atoms with van der Waals surface area (Å²) >= 11 is 0. The zero-order chi connectivity index (χ0) is 14.8. The van der Waals surface area contributed by atoms with E-state index in [1.54, 1.807) is 6.07 Å². The van der Waals surface area contributed by atoms with Crippen molar-refractivity contribution in [2.45, 2.75) is 18.4 Å². The van der Waals surface area contributed by atoms with Crippen molar-refractivity contribution in [1.82, 2.24) is 14.7 Å². The summed E-state index contributed by atoms with van der Waals surface area (Å²) in [5.41, 5.74) is 5.93. The largest absolute Gasteiger partial charge is 0.396 e. The first-order chi connectivity index (χ1) is 9.40. The Morgan fingerprint density at radius 1 is 1.40 bits per heavy atom. The topological polar surface area (TPSA) is 98.0 Å². The number of aromatic nitrogens is 2. The predicted octanol–water partition coefficient (Wildman–Crippen LogP) is 0.985. The van der Waals surface area contributed by atoms with Crippen LogP contribution in [0.1, 0.15) is 11.3 Å². The number of sulfonamides is 1. The zero-order valence-corrected chi connectivity index (χ0v) is 11.5. The number of benzene rings is 1. The number of nitrogens with two attached hydrogens (primary N) is 1. The van der Waals surface area contributed by atoms with E-state index in [2.05, 4.69) is 14.7 Å². The van der Waals surface area contributed by atoms with Crippen LogP contribution in [0.25, 0.3) is 0 Å². The van der Waals surface area contributed by atoms with Crippen LogP contribution in [0.2, 0.25) is 0 Å². The molecule has 0 unspecified atom stereocenters. The van der Waals surface area contributed by atoms with Crippen molar-refractivity contribution in [3.8, 4) is 0 Å². The Morgan fingerprint density at radius 3 is 2.75 bits per heavy atom. The van der Waals surface area contributed by atoms with Gasteiger partial charge < -0.3 is 5.73 Å². The van der Waals surface area contributed by atoms with E-state index in [-0.39, 0.29) is 22.7 Å². The normalized spacial score (nSPS) is 11.5. The van der Waals surface area contributed by atoms with Gasteiger partial charge in [-0.05, 0) is 30.7 Å². The second kappa shape index (κ2) is 5.51. The summed E-state index contributed by atoms with van der Waals surface area (Å²) in [5.74, 6) is -0.611. The molecule has 0 spiro atoms. The Balaban J connectivity index is 2.23. The minimum Gasteiger partial charge on any atom is -0.396 e. The van der Waals surface area contributed by atoms with Crippen LogP contribution in [0.3, 0.4) is 0 Å². The third-order valence-corrected chi connectivity index (χ3v) is 4.03. The third kappa shape index (κ3) is 3.09. The first-order valence-corrected chi connectivity index (χ1v) is 7.18. The fraction of sp³-hybridized carbons (Fsp3) is 0.167. The van der Waals surface area contributed by atoms with E-state index in [0.29, 0.717) is 5.69 Å². The van der Waals surface area contributed by atoms with Crippen LogP contribution in [0.15, 0.2) is 35.6 Å². The van der Waals surface area contributed by atoms with E-state index in [1.165, 1.54) is 25.5 Å². The lowest BCUT2D eigenvalue weighted by atomic mass is 10.2. The molecule has 2 aromatic rings. The smallest absolute Gasteiger partial charge is 0.241 e. The van der Waals surface area contributed by atoms with Gasteiger partial charge in [0.1, 0.15) is 12.1 Å². The van der Waals surface area contributed by atoms with Gasteiger partial charge in [0.05, 0.1) is 22.8 Å². The molecule has 3 N–H and O–H groups in total. The molecule has 0 radical (unpaired) electrons. The average Bonchev–Trinajstić information content (AvgIpc) is 2.43. The summed E-state index contributed by atoms with van der Waals surface area (Å²) < 4.78 is 39.9. The maximum Gasteiger partial charge on any atom is 0.241 e. The van der Waals surface area contributed by atoms with Gasteiger partial charge in [0.25, 0.3) is 0 Å². The van der Waals surface area contributed by atoms with Gasteiger partial charge >= 0.3 is 0 Å². The molecule has 0 saturated carbocycles. The van der Waals surface area contributed by atoms with Crippen LogP contribution in [0.5, 0.6) is 0 Å². The van der Waals surface area contributed by atoms with Gasteiger partial charge in [-0.25, -0.2) is 27.5 Å². The molecule has 0 fully saturated rings. The van der Waals surface area contributed by atoms with Crippen molar-refractivity contribution in [2.75, 3.05) is 5.73 Å². The second-order valence-electron chi connectivity index (χ2n) is 4.17. The average molecular weight is 296 g/mol. The van der Waals surface area contributed by atoms with E-state index in [4.69, 9.17) is 5.73 Å². The highest BCUT2D eigenvalue weighted by Crippen LogP contribution is 2.20. The zero-order valence-electron chi connectivity index (χ0n) is 10.7. The van der Waals surface area contributed by atoms with E-state index in [1.807, 2.05) is 0 Å². The van der Waals surface area contributed by atoms with Gasteiger partial charge in [-0.1, -0.05) is 0 Å². The second-order valence-corrected chi connectivity index (χ2v) is 5.94. The number of halogens is 1. The molecule has 0 aliphatic heterocycles. The Hall–Kier alpha value is -2.06. The van der Waals surface area contributed by atoms with E-state index < -0.39 is 15.8 Å². The minimum absolute atomic E-state index is 0.0151. The maximum absolute atomic E-state index is 13.4. The number of nitrogen functional groups attached to an aromatic ring is 1. The van der Waals surface area contributed by atoms with Crippen molar-refractivity contribution >= 4 is 15.7 Å². The highest BCUT2D eigenvalue weighted by molar-refractivity contribution is 7.89. The molecule has 106 valence electrons. The molecule has 0 atom stereocenters. The standard InChI is InChI=1S/C12H13FN4O2S/c1-8-4-10(5-11(14)12(8)13)20(18,19)17-6-9-2-3-15-7-16-9/h2-5,7,17H,6,14H2,1H3. The Morgan fingerprint density at radius 2 is 2.15 bits per heavy atom. The number of hydrogen-bond acceptors (Lipinski definition) is 5. The van der Waals surface area contributed by atoms with Gasteiger partial charge in [-0.2, -0.15) is 0 Å². The van der Waals surface area contributed by atoms with Crippen LogP contribution in [-0.4, -0.2) is 18.4 Å². The number of anilines is 1. The molecule has 2 rings (SSSR count). The van der Waals surface area contributed by atoms with Gasteiger partial charge in [0.2, 0.25) is 10.0 Å². The van der Waals surface area contributed by atoms with Gasteiger partial charge in [0.15, 0.2) is 0 Å². The van der Waals surface area contributed by atoms with Crippen molar-refractivity contribution in [3.05, 3.63) is 47.8 Å². The minimum atomic E-state index is -3.78. The summed E-state index contributed by atoms with van der Waals surface area (Å²) in [5, 5.41) is 0. The molecule has 0 saturated heterocycles. The molecule has 0 aliphatic rings. The Labute approximate surface area is 115 Å². The molecular weight excluding hydrogens is 283 g/mol. The number of rotatable bonds is 4. The third-order valence-electron chi connectivity index (χ3n) is 2.65. The van der Waals surface area contributed by atoms with Crippen LogP contribution >= 0.6 is 0 Å². The molecule has 0 bridgehead atoms. The molecule has 8 heteroatoms. The van der Waals surface area contributed by atoms with Crippen molar-refractivity contribution in [3.63, 3.8) is 0 Å². The lowest BCUT2D eigenvalue weighted by molar-refractivity contribution is 0.579. The molecule has 1 aromatic carbocycles. The highest BCUT2D eigenvalue weighted by atomic mass is 32.2. The molecule has 0 aliphatic carbocycles. The first kappa shape index (κ1) is 14.4. The van der Waals surface area contributed by atoms with Gasteiger partial charge in [-0.15, -0.1) is 0 Å². The van der Waals surface area contributed by atoms with Gasteiger partial charge in [0, 0.05) is 6.20 Å². The van der Waals surface area contributed by atoms with Crippen molar-refractivity contribution in [2.24, 2.45) is 0 Å². The summed E-state index contributed by atoms with van der Waals surface area (Å²) in [6, 6.07) is 3.91. The predicted molar refractivity (Wildman–Crippen MR) is 71.6 cm³/mol. The van der Waals surface area contributed by atoms with Gasteiger partial charge in [-0.3, -0.25) is 0 Å². The number of nitrogens with zero attached hydrogens (tertiary/aromatic N) is 2. The molecule has 6 nitrogen and oxygen atoms in total. The fourth-order valence-corrected chi connectivity index (χ4v) is 2.71. The maximum atomic E-state index is 13.4. The number of nitrogens with one attached hydrogen (secondary N) is 1. The molecular formula is C12H13FN4O2S. The lowest BCUT2D eigenvalue weighted by Crippen LogP contribution is -2.24. The highest BCUT2D eigenvalue weighted by Gasteiger charge is 2.17. The van der Waals surface area contributed by atoms with Crippen LogP contribution in [0, 0.1) is 12.7 Å². The van der Waals surface area contributed by atoms with E-state index >= 15 is 0 Å². The quantitative estimate of drug-likeness (QED) is 0.820. The van der Waals surface area contributed by atoms with E-state index in [0.717, 1.165) is 6.07 Å². The summed E-state index contributed by atoms with van der Waals surface area (Å²) in [6.07, 6.45) is 2.83. The molecule has 1 heterocycles. The first-order valence-electron chi connectivity index (χ1n) is 5.70. The SMILES string of the molecule is Cc1cc(S(=O)(=O)NCc2ccncn2)cc(N)c1F. The number of hydrogen-bond donors (Lipinski definition) is 2. The monoisotopic (exact) mass is 296 g/mol. The van der Waals surface area contributed by atoms with Crippen molar-refractivity contribution < 1.29 is 12.8 Å². The molecule has 0 amide bonds. The van der Waals surface area contributed by atoms with Crippen LogP contribution in [0.4, 0.5) is 10.1 Å². The molecule has 20 heavy (non-hydrogen) atoms. The Bertz CT molecular complexity index is 696. The van der Waals surface area contributed by atoms with Crippen molar-refractivity contribution in [1.29, 1.82) is 0 Å². The molecule has 1 aromatic heterocycles. The van der Waals surface area contributed by atoms with E-state index in [9.17, 15) is 12.8 Å². The van der Waals surface area contributed by atoms with Crippen LogP contribution < -0.4 is 10.5 Å². The number of aryl methyl sites for hydroxylation is 1. The summed E-state index contributed by atoms with van der Waals surface area (Å²) in [4.78, 5) is 7.56. The summed E-state index contributed by atoms with van der Waals surface area (Å²) in [7, 11) is -3.78. The summed E-state index contributed by atoms with van der Waals surface area (Å²) in [6.45, 7) is 1.47.